The molecule has 1 amide bonds. The number of rotatable bonds is 8. The van der Waals surface area contributed by atoms with Crippen LogP contribution >= 0.6 is 0 Å². The smallest absolute Gasteiger partial charge is 0.421 e. The van der Waals surface area contributed by atoms with E-state index in [1.54, 1.807) is 17.7 Å². The third-order valence-electron chi connectivity index (χ3n) is 7.52. The molecule has 1 aliphatic heterocycles. The van der Waals surface area contributed by atoms with Crippen LogP contribution in [0.5, 0.6) is 0 Å². The standard InChI is InChI=1S/C27H33F6N3O3S/c1-17-21(25(37)35-20-9-11-39-12-10-20)14-23(36(17)15-18-5-3-2-4-6-18)19-7-8-24(22(13-19)27(31,32)33)40(38)34-16-26(28,29)30/h7-8,13-14,18,20,34H,2-6,9-12,15-16H2,1H3,(H,35,37). The largest absolute Gasteiger partial charge is 0.593 e. The van der Waals surface area contributed by atoms with Crippen LogP contribution in [0.2, 0.25) is 0 Å². The number of aromatic nitrogens is 1. The molecule has 4 rings (SSSR count). The van der Waals surface area contributed by atoms with Gasteiger partial charge in [0, 0.05) is 37.2 Å². The zero-order chi connectivity index (χ0) is 29.1. The van der Waals surface area contributed by atoms with E-state index in [1.165, 1.54) is 6.07 Å². The molecule has 40 heavy (non-hydrogen) atoms. The first-order valence-electron chi connectivity index (χ1n) is 13.4. The molecule has 1 aromatic heterocycles. The first-order chi connectivity index (χ1) is 18.8. The Morgan fingerprint density at radius 1 is 1.05 bits per heavy atom. The van der Waals surface area contributed by atoms with E-state index < -0.39 is 40.7 Å². The number of alkyl halides is 6. The molecule has 2 N–H and O–H groups in total. The number of ether oxygens (including phenoxy) is 1. The maximum atomic E-state index is 14.1. The van der Waals surface area contributed by atoms with E-state index in [0.717, 1.165) is 44.2 Å². The van der Waals surface area contributed by atoms with Gasteiger partial charge in [0.15, 0.2) is 4.90 Å². The number of amides is 1. The molecule has 13 heteroatoms. The minimum atomic E-state index is -4.97. The van der Waals surface area contributed by atoms with Crippen molar-refractivity contribution in [3.05, 3.63) is 41.1 Å². The summed E-state index contributed by atoms with van der Waals surface area (Å²) in [4.78, 5) is 12.5. The normalized spacial score (nSPS) is 18.6. The fraction of sp³-hybridized carbons (Fsp3) is 0.593. The molecule has 2 heterocycles. The van der Waals surface area contributed by atoms with Crippen LogP contribution in [-0.2, 0) is 28.8 Å². The second-order valence-electron chi connectivity index (χ2n) is 10.4. The van der Waals surface area contributed by atoms with Crippen molar-refractivity contribution < 1.29 is 40.4 Å². The van der Waals surface area contributed by atoms with Gasteiger partial charge in [0.05, 0.1) is 16.9 Å². The Morgan fingerprint density at radius 2 is 1.73 bits per heavy atom. The van der Waals surface area contributed by atoms with Gasteiger partial charge in [-0.15, -0.1) is 4.72 Å². The third-order valence-corrected chi connectivity index (χ3v) is 8.68. The Hall–Kier alpha value is -2.22. The first kappa shape index (κ1) is 30.7. The predicted molar refractivity (Wildman–Crippen MR) is 138 cm³/mol. The van der Waals surface area contributed by atoms with Gasteiger partial charge < -0.3 is 19.2 Å². The maximum Gasteiger partial charge on any atom is 0.421 e. The Labute approximate surface area is 232 Å². The fourth-order valence-corrected chi connectivity index (χ4v) is 6.40. The van der Waals surface area contributed by atoms with E-state index in [1.807, 2.05) is 4.57 Å². The van der Waals surface area contributed by atoms with Gasteiger partial charge in [-0.25, -0.2) is 0 Å². The lowest BCUT2D eigenvalue weighted by Gasteiger charge is -2.25. The zero-order valence-electron chi connectivity index (χ0n) is 22.1. The highest BCUT2D eigenvalue weighted by atomic mass is 32.2. The molecule has 1 aromatic carbocycles. The molecular weight excluding hydrogens is 560 g/mol. The van der Waals surface area contributed by atoms with Crippen molar-refractivity contribution in [3.63, 3.8) is 0 Å². The molecule has 2 aliphatic rings. The van der Waals surface area contributed by atoms with Crippen LogP contribution in [0, 0.1) is 12.8 Å². The molecule has 0 radical (unpaired) electrons. The Kier molecular flexibility index (Phi) is 9.79. The van der Waals surface area contributed by atoms with Gasteiger partial charge in [0.1, 0.15) is 12.1 Å². The predicted octanol–water partition coefficient (Wildman–Crippen LogP) is 6.15. The number of nitrogens with one attached hydrogen (secondary N) is 2. The minimum absolute atomic E-state index is 0.0684. The third kappa shape index (κ3) is 7.74. The molecule has 1 saturated carbocycles. The van der Waals surface area contributed by atoms with E-state index in [-0.39, 0.29) is 17.5 Å². The summed E-state index contributed by atoms with van der Waals surface area (Å²) in [5.74, 6) is -0.0244. The molecule has 0 bridgehead atoms. The van der Waals surface area contributed by atoms with E-state index in [0.29, 0.717) is 55.5 Å². The van der Waals surface area contributed by atoms with Crippen molar-refractivity contribution in [2.45, 2.75) is 81.7 Å². The molecule has 1 unspecified atom stereocenters. The van der Waals surface area contributed by atoms with Crippen LogP contribution in [0.25, 0.3) is 11.3 Å². The first-order valence-corrected chi connectivity index (χ1v) is 14.5. The van der Waals surface area contributed by atoms with Gasteiger partial charge in [-0.2, -0.15) is 26.3 Å². The van der Waals surface area contributed by atoms with Crippen LogP contribution in [-0.4, -0.2) is 47.0 Å². The van der Waals surface area contributed by atoms with Crippen molar-refractivity contribution in [3.8, 4) is 11.3 Å². The average Bonchev–Trinajstić information content (AvgIpc) is 3.23. The topological polar surface area (TPSA) is 78.3 Å². The Balaban J connectivity index is 1.72. The van der Waals surface area contributed by atoms with Crippen molar-refractivity contribution in [1.82, 2.24) is 14.6 Å². The van der Waals surface area contributed by atoms with E-state index in [4.69, 9.17) is 4.74 Å². The number of carbonyl (C=O) groups excluding carboxylic acids is 1. The quantitative estimate of drug-likeness (QED) is 0.285. The molecule has 2 fully saturated rings. The molecule has 1 aliphatic carbocycles. The average molecular weight is 594 g/mol. The summed E-state index contributed by atoms with van der Waals surface area (Å²) >= 11 is -2.75. The molecule has 222 valence electrons. The van der Waals surface area contributed by atoms with Gasteiger partial charge in [0.2, 0.25) is 0 Å². The van der Waals surface area contributed by atoms with Crippen LogP contribution in [0.1, 0.15) is 66.6 Å². The van der Waals surface area contributed by atoms with E-state index in [2.05, 4.69) is 5.32 Å². The van der Waals surface area contributed by atoms with Gasteiger partial charge >= 0.3 is 12.4 Å². The van der Waals surface area contributed by atoms with Crippen LogP contribution in [0.15, 0.2) is 29.2 Å². The Bertz CT molecular complexity index is 1170. The molecule has 0 spiro atoms. The Morgan fingerprint density at radius 3 is 2.35 bits per heavy atom. The SMILES string of the molecule is Cc1c(C(=O)NC2CCOCC2)cc(-c2ccc([S+]([O-])NCC(F)(F)F)c(C(F)(F)F)c2)n1CC1CCCCC1. The second-order valence-corrected chi connectivity index (χ2v) is 11.7. The highest BCUT2D eigenvalue weighted by molar-refractivity contribution is 7.89. The number of carbonyl (C=O) groups is 1. The summed E-state index contributed by atoms with van der Waals surface area (Å²) in [6.07, 6.45) is -3.21. The summed E-state index contributed by atoms with van der Waals surface area (Å²) in [6, 6.07) is 4.55. The monoisotopic (exact) mass is 593 g/mol. The fourth-order valence-electron chi connectivity index (χ4n) is 5.38. The zero-order valence-corrected chi connectivity index (χ0v) is 22.9. The van der Waals surface area contributed by atoms with Crippen molar-refractivity contribution in [2.24, 2.45) is 5.92 Å². The summed E-state index contributed by atoms with van der Waals surface area (Å²) in [7, 11) is 0. The number of halogens is 6. The highest BCUT2D eigenvalue weighted by Crippen LogP contribution is 2.39. The van der Waals surface area contributed by atoms with Crippen LogP contribution in [0.3, 0.4) is 0 Å². The lowest BCUT2D eigenvalue weighted by molar-refractivity contribution is -0.139. The van der Waals surface area contributed by atoms with Crippen LogP contribution in [0.4, 0.5) is 26.3 Å². The van der Waals surface area contributed by atoms with Gasteiger partial charge in [-0.1, -0.05) is 19.3 Å². The number of hydrogen-bond acceptors (Lipinski definition) is 4. The second kappa shape index (κ2) is 12.7. The highest BCUT2D eigenvalue weighted by Gasteiger charge is 2.40. The summed E-state index contributed by atoms with van der Waals surface area (Å²) in [5.41, 5.74) is 0.206. The van der Waals surface area contributed by atoms with Gasteiger partial charge in [-0.05, 0) is 68.4 Å². The van der Waals surface area contributed by atoms with Crippen molar-refractivity contribution in [1.29, 1.82) is 0 Å². The number of hydrogen-bond donors (Lipinski definition) is 2. The summed E-state index contributed by atoms with van der Waals surface area (Å²) < 4.78 is 101. The van der Waals surface area contributed by atoms with E-state index in [9.17, 15) is 35.7 Å². The number of benzene rings is 1. The lowest BCUT2D eigenvalue weighted by atomic mass is 9.89. The minimum Gasteiger partial charge on any atom is -0.593 e. The van der Waals surface area contributed by atoms with Gasteiger partial charge in [-0.3, -0.25) is 4.79 Å². The molecule has 6 nitrogen and oxygen atoms in total. The molecule has 1 saturated heterocycles. The molecule has 1 atom stereocenters. The maximum absolute atomic E-state index is 14.1. The van der Waals surface area contributed by atoms with Crippen molar-refractivity contribution >= 4 is 17.3 Å². The molecule has 2 aromatic rings. The van der Waals surface area contributed by atoms with Crippen LogP contribution < -0.4 is 10.0 Å². The number of nitrogens with zero attached hydrogens (tertiary/aromatic N) is 1. The molecular formula is C27H33F6N3O3S. The summed E-state index contributed by atoms with van der Waals surface area (Å²) in [5, 5.41) is 3.00. The van der Waals surface area contributed by atoms with E-state index >= 15 is 0 Å². The van der Waals surface area contributed by atoms with Crippen molar-refractivity contribution in [2.75, 3.05) is 19.8 Å². The lowest BCUT2D eigenvalue weighted by Crippen LogP contribution is -2.39. The van der Waals surface area contributed by atoms with Gasteiger partial charge in [0.25, 0.3) is 5.91 Å². The summed E-state index contributed by atoms with van der Waals surface area (Å²) in [6.45, 7) is 1.65.